The third kappa shape index (κ3) is 2.69. The van der Waals surface area contributed by atoms with Crippen LogP contribution in [0.4, 0.5) is 10.6 Å². The number of hydrogen-bond donors (Lipinski definition) is 2. The van der Waals surface area contributed by atoms with Gasteiger partial charge in [-0.2, -0.15) is 0 Å². The normalized spacial score (nSPS) is 28.1. The molecule has 0 aromatic carbocycles. The van der Waals surface area contributed by atoms with Crippen molar-refractivity contribution in [3.63, 3.8) is 0 Å². The second-order valence-corrected chi connectivity index (χ2v) is 7.77. The lowest BCUT2D eigenvalue weighted by Gasteiger charge is -2.44. The van der Waals surface area contributed by atoms with Crippen LogP contribution in [-0.4, -0.2) is 56.8 Å². The summed E-state index contributed by atoms with van der Waals surface area (Å²) in [6, 6.07) is -0.110. The summed E-state index contributed by atoms with van der Waals surface area (Å²) in [6.45, 7) is 6.29. The van der Waals surface area contributed by atoms with Crippen molar-refractivity contribution in [2.75, 3.05) is 12.4 Å². The highest BCUT2D eigenvalue weighted by Crippen LogP contribution is 2.55. The Labute approximate surface area is 146 Å². The Hall–Kier alpha value is -2.38. The molecule has 0 radical (unpaired) electrons. The molecular weight excluding hydrogens is 324 g/mol. The van der Waals surface area contributed by atoms with Gasteiger partial charge in [0.05, 0.1) is 37.1 Å². The minimum atomic E-state index is -0.867. The maximum atomic E-state index is 11.9. The van der Waals surface area contributed by atoms with E-state index < -0.39 is 12.1 Å². The van der Waals surface area contributed by atoms with Crippen LogP contribution in [0.5, 0.6) is 0 Å². The topological polar surface area (TPSA) is 105 Å². The van der Waals surface area contributed by atoms with Crippen molar-refractivity contribution in [3.8, 4) is 0 Å². The van der Waals surface area contributed by atoms with E-state index in [1.54, 1.807) is 4.90 Å². The van der Waals surface area contributed by atoms with Gasteiger partial charge in [-0.05, 0) is 24.7 Å². The molecule has 2 aliphatic rings. The van der Waals surface area contributed by atoms with Crippen molar-refractivity contribution in [1.82, 2.24) is 14.9 Å². The zero-order valence-electron chi connectivity index (χ0n) is 14.9. The Balaban J connectivity index is 1.81. The molecule has 2 saturated heterocycles. The van der Waals surface area contributed by atoms with Crippen LogP contribution in [-0.2, 0) is 4.74 Å². The number of fused-ring (bicyclic) bond motifs is 2. The Morgan fingerprint density at radius 2 is 2.08 bits per heavy atom. The van der Waals surface area contributed by atoms with E-state index in [1.165, 1.54) is 19.5 Å². The highest BCUT2D eigenvalue weighted by molar-refractivity contribution is 5.86. The second kappa shape index (κ2) is 5.86. The van der Waals surface area contributed by atoms with Crippen molar-refractivity contribution >= 4 is 17.9 Å². The summed E-state index contributed by atoms with van der Waals surface area (Å²) in [5.41, 5.74) is -0.392. The van der Waals surface area contributed by atoms with Crippen molar-refractivity contribution in [2.45, 2.75) is 57.7 Å². The highest BCUT2D eigenvalue weighted by Gasteiger charge is 2.63. The molecular formula is C17H24N4O4. The molecule has 0 spiro atoms. The fraction of sp³-hybridized carbons (Fsp3) is 0.647. The molecule has 3 heterocycles. The van der Waals surface area contributed by atoms with Crippen molar-refractivity contribution < 1.29 is 19.4 Å². The molecule has 3 rings (SSSR count). The standard InChI is InChI=1S/C17H24N4O4/c1-16(2,3)17-6-5-12(21(17)15(23)24)10(7-17)20-13-9-18-11(8-19-13)14(22)25-4/h8-10,12H,5-7H2,1-4H3,(H,19,20)(H,23,24)/t10-,12+,17?/m1/s1. The predicted octanol–water partition coefficient (Wildman–Crippen LogP) is 2.37. The van der Waals surface area contributed by atoms with E-state index in [4.69, 9.17) is 0 Å². The number of aromatic nitrogens is 2. The predicted molar refractivity (Wildman–Crippen MR) is 90.5 cm³/mol. The van der Waals surface area contributed by atoms with E-state index in [1.807, 2.05) is 0 Å². The average Bonchev–Trinajstić information content (AvgIpc) is 3.09. The number of carboxylic acid groups (broad SMARTS) is 1. The molecule has 1 amide bonds. The van der Waals surface area contributed by atoms with Gasteiger partial charge in [-0.3, -0.25) is 4.90 Å². The lowest BCUT2D eigenvalue weighted by molar-refractivity contribution is 0.0435. The minimum absolute atomic E-state index is 0.0256. The molecule has 136 valence electrons. The summed E-state index contributed by atoms with van der Waals surface area (Å²) >= 11 is 0. The summed E-state index contributed by atoms with van der Waals surface area (Å²) in [4.78, 5) is 33.2. The molecule has 0 saturated carbocycles. The summed E-state index contributed by atoms with van der Waals surface area (Å²) < 4.78 is 4.61. The number of ether oxygens (including phenoxy) is 1. The molecule has 2 fully saturated rings. The van der Waals surface area contributed by atoms with Crippen LogP contribution >= 0.6 is 0 Å². The third-order valence-corrected chi connectivity index (χ3v) is 5.65. The van der Waals surface area contributed by atoms with E-state index in [0.29, 0.717) is 5.82 Å². The first-order chi connectivity index (χ1) is 11.7. The molecule has 1 unspecified atom stereocenters. The Morgan fingerprint density at radius 1 is 1.36 bits per heavy atom. The van der Waals surface area contributed by atoms with E-state index in [0.717, 1.165) is 19.3 Å². The SMILES string of the molecule is COC(=O)c1cnc(N[C@@H]2CC3(C(C)(C)C)CC[C@@H]2N3C(=O)O)cn1. The van der Waals surface area contributed by atoms with Crippen LogP contribution in [0.25, 0.3) is 0 Å². The van der Waals surface area contributed by atoms with Crippen LogP contribution in [0.2, 0.25) is 0 Å². The highest BCUT2D eigenvalue weighted by atomic mass is 16.5. The summed E-state index contributed by atoms with van der Waals surface area (Å²) in [5, 5.41) is 13.1. The monoisotopic (exact) mass is 348 g/mol. The number of nitrogens with one attached hydrogen (secondary N) is 1. The molecule has 2 aliphatic heterocycles. The number of amides is 1. The van der Waals surface area contributed by atoms with Gasteiger partial charge in [0.1, 0.15) is 5.82 Å². The summed E-state index contributed by atoms with van der Waals surface area (Å²) in [5.74, 6) is -0.0117. The number of esters is 1. The molecule has 3 atom stereocenters. The molecule has 8 nitrogen and oxygen atoms in total. The van der Waals surface area contributed by atoms with Gasteiger partial charge in [-0.25, -0.2) is 19.6 Å². The maximum Gasteiger partial charge on any atom is 0.408 e. The van der Waals surface area contributed by atoms with E-state index in [2.05, 4.69) is 40.8 Å². The molecule has 25 heavy (non-hydrogen) atoms. The first kappa shape index (κ1) is 17.4. The lowest BCUT2D eigenvalue weighted by Crippen LogP contribution is -2.52. The van der Waals surface area contributed by atoms with E-state index >= 15 is 0 Å². The summed E-state index contributed by atoms with van der Waals surface area (Å²) in [6.07, 6.45) is 4.40. The van der Waals surface area contributed by atoms with Crippen LogP contribution in [0.15, 0.2) is 12.4 Å². The lowest BCUT2D eigenvalue weighted by atomic mass is 9.68. The van der Waals surface area contributed by atoms with Crippen molar-refractivity contribution in [1.29, 1.82) is 0 Å². The van der Waals surface area contributed by atoms with Gasteiger partial charge >= 0.3 is 12.1 Å². The number of carbonyl (C=O) groups is 2. The first-order valence-corrected chi connectivity index (χ1v) is 8.39. The fourth-order valence-corrected chi connectivity index (χ4v) is 4.35. The maximum absolute atomic E-state index is 11.9. The number of carbonyl (C=O) groups excluding carboxylic acids is 1. The average molecular weight is 348 g/mol. The van der Waals surface area contributed by atoms with Crippen molar-refractivity contribution in [2.24, 2.45) is 5.41 Å². The van der Waals surface area contributed by atoms with Crippen molar-refractivity contribution in [3.05, 3.63) is 18.1 Å². The van der Waals surface area contributed by atoms with Gasteiger partial charge in [0.25, 0.3) is 0 Å². The van der Waals surface area contributed by atoms with Gasteiger partial charge in [0.15, 0.2) is 5.69 Å². The Morgan fingerprint density at radius 3 is 2.56 bits per heavy atom. The molecule has 0 aliphatic carbocycles. The van der Waals surface area contributed by atoms with E-state index in [-0.39, 0.29) is 28.7 Å². The third-order valence-electron chi connectivity index (χ3n) is 5.65. The molecule has 2 bridgehead atoms. The number of methoxy groups -OCH3 is 1. The zero-order valence-corrected chi connectivity index (χ0v) is 14.9. The van der Waals surface area contributed by atoms with Crippen LogP contribution in [0, 0.1) is 5.41 Å². The van der Waals surface area contributed by atoms with Crippen LogP contribution < -0.4 is 5.32 Å². The zero-order chi connectivity index (χ0) is 18.4. The van der Waals surface area contributed by atoms with Crippen LogP contribution in [0.3, 0.4) is 0 Å². The number of anilines is 1. The largest absolute Gasteiger partial charge is 0.465 e. The quantitative estimate of drug-likeness (QED) is 0.808. The number of rotatable bonds is 3. The van der Waals surface area contributed by atoms with Gasteiger partial charge in [-0.1, -0.05) is 20.8 Å². The molecule has 1 aromatic rings. The van der Waals surface area contributed by atoms with Crippen LogP contribution in [0.1, 0.15) is 50.5 Å². The first-order valence-electron chi connectivity index (χ1n) is 8.39. The molecule has 8 heteroatoms. The fourth-order valence-electron chi connectivity index (χ4n) is 4.35. The molecule has 1 aromatic heterocycles. The summed E-state index contributed by atoms with van der Waals surface area (Å²) in [7, 11) is 1.29. The number of hydrogen-bond acceptors (Lipinski definition) is 6. The Kier molecular flexibility index (Phi) is 4.09. The molecule has 2 N–H and O–H groups in total. The smallest absolute Gasteiger partial charge is 0.408 e. The number of nitrogens with zero attached hydrogens (tertiary/aromatic N) is 3. The Bertz CT molecular complexity index is 685. The van der Waals surface area contributed by atoms with Gasteiger partial charge in [0, 0.05) is 0 Å². The minimum Gasteiger partial charge on any atom is -0.465 e. The second-order valence-electron chi connectivity index (χ2n) is 7.77. The van der Waals surface area contributed by atoms with Gasteiger partial charge < -0.3 is 15.2 Å². The van der Waals surface area contributed by atoms with Gasteiger partial charge in [-0.15, -0.1) is 0 Å². The van der Waals surface area contributed by atoms with Gasteiger partial charge in [0.2, 0.25) is 0 Å². The van der Waals surface area contributed by atoms with E-state index in [9.17, 15) is 14.7 Å².